The summed E-state index contributed by atoms with van der Waals surface area (Å²) in [5, 5.41) is 24.4. The Hall–Kier alpha value is -4.85. The van der Waals surface area contributed by atoms with Gasteiger partial charge < -0.3 is 19.3 Å². The van der Waals surface area contributed by atoms with Crippen molar-refractivity contribution < 1.29 is 10.2 Å². The summed E-state index contributed by atoms with van der Waals surface area (Å²) in [6.07, 6.45) is 18.9. The number of aliphatic hydroxyl groups is 2. The van der Waals surface area contributed by atoms with Crippen LogP contribution in [0, 0.1) is 6.92 Å². The molecule has 0 radical (unpaired) electrons. The molecular weight excluding hydrogens is 536 g/mol. The maximum absolute atomic E-state index is 13.0. The van der Waals surface area contributed by atoms with Crippen molar-refractivity contribution >= 4 is 17.1 Å². The highest BCUT2D eigenvalue weighted by molar-refractivity contribution is 5.95. The van der Waals surface area contributed by atoms with E-state index in [1.807, 2.05) is 98.3 Å². The summed E-state index contributed by atoms with van der Waals surface area (Å²) in [6, 6.07) is 15.5. The zero-order chi connectivity index (χ0) is 30.6. The Balaban J connectivity index is 1.67. The minimum atomic E-state index is -1.55. The van der Waals surface area contributed by atoms with Gasteiger partial charge in [0.1, 0.15) is 0 Å². The van der Waals surface area contributed by atoms with Crippen LogP contribution in [0.4, 0.5) is 0 Å². The predicted molar refractivity (Wildman–Crippen MR) is 174 cm³/mol. The maximum atomic E-state index is 13.0. The lowest BCUT2D eigenvalue weighted by molar-refractivity contribution is 0.111. The Morgan fingerprint density at radius 1 is 1.12 bits per heavy atom. The highest BCUT2D eigenvalue weighted by atomic mass is 16.3. The fourth-order valence-corrected chi connectivity index (χ4v) is 5.48. The third-order valence-electron chi connectivity index (χ3n) is 7.83. The van der Waals surface area contributed by atoms with Gasteiger partial charge in [-0.1, -0.05) is 66.3 Å². The first kappa shape index (κ1) is 29.6. The Morgan fingerprint density at radius 3 is 2.70 bits per heavy atom. The number of fused-ring (bicyclic) bond motifs is 1. The Kier molecular flexibility index (Phi) is 8.66. The van der Waals surface area contributed by atoms with Crippen molar-refractivity contribution in [1.82, 2.24) is 14.1 Å². The molecule has 4 aromatic rings. The molecule has 1 aliphatic carbocycles. The van der Waals surface area contributed by atoms with E-state index < -0.39 is 11.7 Å². The Labute approximate surface area is 251 Å². The standard InChI is InChI=1S/C36H36N4O3/c1-5-6-18-37-19-17-33(41)26-10-8-12-28(14-13-26)36(43,34-23-38-24-39(34)3)29-15-16-32-31(21-29)30(22-35(42)40(32)4)27-11-7-9-25(2)20-27/h5-11,13-24,33,41,43H,12H2,1-4H3/b6-5-,19-17+,37-18-. The molecule has 0 aliphatic heterocycles. The summed E-state index contributed by atoms with van der Waals surface area (Å²) in [4.78, 5) is 21.4. The lowest BCUT2D eigenvalue weighted by Crippen LogP contribution is -2.32. The second-order valence-corrected chi connectivity index (χ2v) is 10.7. The van der Waals surface area contributed by atoms with Crippen LogP contribution in [0.15, 0.2) is 131 Å². The third kappa shape index (κ3) is 5.91. The van der Waals surface area contributed by atoms with Crippen LogP contribution in [-0.2, 0) is 19.7 Å². The number of nitrogens with zero attached hydrogens (tertiary/aromatic N) is 4. The van der Waals surface area contributed by atoms with Gasteiger partial charge in [-0.2, -0.15) is 0 Å². The summed E-state index contributed by atoms with van der Waals surface area (Å²) >= 11 is 0. The fourth-order valence-electron chi connectivity index (χ4n) is 5.48. The smallest absolute Gasteiger partial charge is 0.251 e. The fraction of sp³-hybridized carbons (Fsp3) is 0.194. The molecule has 1 aliphatic rings. The minimum absolute atomic E-state index is 0.104. The zero-order valence-corrected chi connectivity index (χ0v) is 24.8. The van der Waals surface area contributed by atoms with E-state index in [-0.39, 0.29) is 5.56 Å². The topological polar surface area (TPSA) is 92.6 Å². The van der Waals surface area contributed by atoms with E-state index in [1.54, 1.807) is 48.7 Å². The second-order valence-electron chi connectivity index (χ2n) is 10.7. The predicted octanol–water partition coefficient (Wildman–Crippen LogP) is 5.82. The van der Waals surface area contributed by atoms with E-state index in [4.69, 9.17) is 0 Å². The normalized spacial score (nSPS) is 16.1. The van der Waals surface area contributed by atoms with Gasteiger partial charge in [0.15, 0.2) is 5.60 Å². The van der Waals surface area contributed by atoms with Gasteiger partial charge in [-0.3, -0.25) is 9.79 Å². The van der Waals surface area contributed by atoms with Crippen LogP contribution in [0.25, 0.3) is 22.0 Å². The molecule has 2 unspecified atom stereocenters. The third-order valence-corrected chi connectivity index (χ3v) is 7.83. The molecule has 0 saturated carbocycles. The number of rotatable bonds is 8. The van der Waals surface area contributed by atoms with Gasteiger partial charge >= 0.3 is 0 Å². The number of benzene rings is 2. The molecule has 2 aromatic carbocycles. The highest BCUT2D eigenvalue weighted by Gasteiger charge is 2.38. The molecule has 0 spiro atoms. The average Bonchev–Trinajstić information content (AvgIpc) is 3.28. The van der Waals surface area contributed by atoms with E-state index in [1.165, 1.54) is 0 Å². The van der Waals surface area contributed by atoms with Crippen molar-refractivity contribution in [3.05, 3.63) is 148 Å². The van der Waals surface area contributed by atoms with Crippen molar-refractivity contribution in [1.29, 1.82) is 0 Å². The van der Waals surface area contributed by atoms with Crippen LogP contribution in [0.5, 0.6) is 0 Å². The maximum Gasteiger partial charge on any atom is 0.251 e. The largest absolute Gasteiger partial charge is 0.384 e. The number of imidazole rings is 1. The molecule has 2 N–H and O–H groups in total. The SMILES string of the molecule is C\C=C/C=N\C=C\C(O)C1=CC=C(C(O)(c2ccc3c(c2)c(-c2cccc(C)c2)cc(=O)n3C)c2cncn2C)CC=C1. The van der Waals surface area contributed by atoms with E-state index in [2.05, 4.69) is 16.0 Å². The van der Waals surface area contributed by atoms with Crippen LogP contribution >= 0.6 is 0 Å². The average molecular weight is 573 g/mol. The molecule has 0 bridgehead atoms. The first-order chi connectivity index (χ1) is 20.7. The summed E-state index contributed by atoms with van der Waals surface area (Å²) in [5.74, 6) is 0. The number of aliphatic hydroxyl groups excluding tert-OH is 1. The van der Waals surface area contributed by atoms with E-state index in [0.717, 1.165) is 27.6 Å². The summed E-state index contributed by atoms with van der Waals surface area (Å²) in [6.45, 7) is 3.93. The van der Waals surface area contributed by atoms with Gasteiger partial charge in [0.25, 0.3) is 5.56 Å². The van der Waals surface area contributed by atoms with Gasteiger partial charge in [0.2, 0.25) is 0 Å². The molecule has 0 amide bonds. The van der Waals surface area contributed by atoms with E-state index >= 15 is 0 Å². The van der Waals surface area contributed by atoms with Crippen LogP contribution < -0.4 is 5.56 Å². The van der Waals surface area contributed by atoms with Crippen molar-refractivity contribution in [2.45, 2.75) is 32.0 Å². The molecular formula is C36H36N4O3. The first-order valence-electron chi connectivity index (χ1n) is 14.2. The number of allylic oxidation sites excluding steroid dienone is 5. The van der Waals surface area contributed by atoms with Gasteiger partial charge in [-0.25, -0.2) is 4.98 Å². The molecule has 2 atom stereocenters. The monoisotopic (exact) mass is 572 g/mol. The van der Waals surface area contributed by atoms with E-state index in [0.29, 0.717) is 28.8 Å². The summed E-state index contributed by atoms with van der Waals surface area (Å²) < 4.78 is 3.44. The number of pyridine rings is 1. The zero-order valence-electron chi connectivity index (χ0n) is 24.8. The molecule has 7 heteroatoms. The summed E-state index contributed by atoms with van der Waals surface area (Å²) in [5.41, 5.74) is 4.58. The van der Waals surface area contributed by atoms with Crippen LogP contribution in [0.2, 0.25) is 0 Å². The van der Waals surface area contributed by atoms with Crippen LogP contribution in [0.3, 0.4) is 0 Å². The van der Waals surface area contributed by atoms with Crippen molar-refractivity contribution in [3.63, 3.8) is 0 Å². The first-order valence-corrected chi connectivity index (χ1v) is 14.2. The van der Waals surface area contributed by atoms with Crippen molar-refractivity contribution in [3.8, 4) is 11.1 Å². The van der Waals surface area contributed by atoms with Gasteiger partial charge in [-0.15, -0.1) is 0 Å². The van der Waals surface area contributed by atoms with Crippen molar-refractivity contribution in [2.75, 3.05) is 0 Å². The molecule has 2 heterocycles. The van der Waals surface area contributed by atoms with E-state index in [9.17, 15) is 15.0 Å². The number of hydrogen-bond donors (Lipinski definition) is 2. The Morgan fingerprint density at radius 2 is 1.95 bits per heavy atom. The minimum Gasteiger partial charge on any atom is -0.384 e. The summed E-state index contributed by atoms with van der Waals surface area (Å²) in [7, 11) is 3.61. The number of aromatic nitrogens is 3. The molecule has 0 fully saturated rings. The molecule has 7 nitrogen and oxygen atoms in total. The van der Waals surface area contributed by atoms with Crippen LogP contribution in [0.1, 0.15) is 30.2 Å². The van der Waals surface area contributed by atoms with Gasteiger partial charge in [0.05, 0.1) is 29.8 Å². The van der Waals surface area contributed by atoms with Gasteiger partial charge in [0, 0.05) is 38.0 Å². The quantitative estimate of drug-likeness (QED) is 0.260. The number of hydrogen-bond acceptors (Lipinski definition) is 5. The lowest BCUT2D eigenvalue weighted by atomic mass is 9.80. The molecule has 2 aromatic heterocycles. The molecule has 43 heavy (non-hydrogen) atoms. The Bertz CT molecular complexity index is 1900. The lowest BCUT2D eigenvalue weighted by Gasteiger charge is -2.32. The number of aryl methyl sites for hydroxylation is 3. The molecule has 218 valence electrons. The van der Waals surface area contributed by atoms with Gasteiger partial charge in [-0.05, 0) is 72.4 Å². The van der Waals surface area contributed by atoms with Crippen LogP contribution in [-0.4, -0.2) is 36.6 Å². The van der Waals surface area contributed by atoms with Crippen molar-refractivity contribution in [2.24, 2.45) is 19.1 Å². The molecule has 5 rings (SSSR count). The second kappa shape index (κ2) is 12.6. The highest BCUT2D eigenvalue weighted by Crippen LogP contribution is 2.41. The number of aliphatic imine (C=N–C) groups is 1. The molecule has 0 saturated heterocycles.